The Kier molecular flexibility index (Phi) is 14.2. The van der Waals surface area contributed by atoms with Gasteiger partial charge in [-0.1, -0.05) is 20.8 Å². The fraction of sp³-hybridized carbons (Fsp3) is 0.870. The van der Waals surface area contributed by atoms with Gasteiger partial charge in [0, 0.05) is 25.9 Å². The van der Waals surface area contributed by atoms with Crippen molar-refractivity contribution in [2.45, 2.75) is 96.7 Å². The minimum atomic E-state index is -1.02. The molecule has 1 heterocycles. The van der Waals surface area contributed by atoms with Crippen molar-refractivity contribution in [2.75, 3.05) is 33.9 Å². The quantitative estimate of drug-likeness (QED) is 0.208. The molecule has 1 aliphatic rings. The van der Waals surface area contributed by atoms with Crippen LogP contribution in [-0.2, 0) is 38.1 Å². The normalized spacial score (nSPS) is 23.1. The minimum Gasteiger partial charge on any atom is -0.456 e. The van der Waals surface area contributed by atoms with Crippen LogP contribution in [0.1, 0.15) is 72.1 Å². The molecular weight excluding hydrogens is 418 g/mol. The molecule has 0 aromatic heterocycles. The Bertz CT molecular complexity index is 568. The van der Waals surface area contributed by atoms with E-state index in [4.69, 9.17) is 23.7 Å². The van der Waals surface area contributed by atoms with E-state index >= 15 is 0 Å². The molecule has 0 aliphatic carbocycles. The Morgan fingerprint density at radius 1 is 0.812 bits per heavy atom. The monoisotopic (exact) mass is 459 g/mol. The SMILES string of the molecule is CCCC(=O)OC1COC(OCCCCN(C)C)C(OC(=O)CCC)C1OC(=O)CCC. The smallest absolute Gasteiger partial charge is 0.306 e. The molecule has 0 aromatic rings. The lowest BCUT2D eigenvalue weighted by Crippen LogP contribution is -2.58. The molecule has 186 valence electrons. The largest absolute Gasteiger partial charge is 0.456 e. The summed E-state index contributed by atoms with van der Waals surface area (Å²) in [5, 5.41) is 0. The number of unbranched alkanes of at least 4 members (excludes halogenated alkanes) is 1. The Morgan fingerprint density at radius 3 is 1.88 bits per heavy atom. The maximum Gasteiger partial charge on any atom is 0.306 e. The molecule has 0 aromatic carbocycles. The van der Waals surface area contributed by atoms with Gasteiger partial charge >= 0.3 is 17.9 Å². The standard InChI is InChI=1S/C23H41NO8/c1-6-11-18(25)30-17-16-29-23(28-15-10-9-14-24(4)5)22(32-20(27)13-8-3)21(17)31-19(26)12-7-2/h17,21-23H,6-16H2,1-5H3. The molecule has 0 amide bonds. The van der Waals surface area contributed by atoms with Crippen molar-refractivity contribution >= 4 is 17.9 Å². The zero-order chi connectivity index (χ0) is 23.9. The van der Waals surface area contributed by atoms with E-state index in [1.807, 2.05) is 34.9 Å². The molecule has 1 aliphatic heterocycles. The molecule has 1 fully saturated rings. The third kappa shape index (κ3) is 10.7. The van der Waals surface area contributed by atoms with E-state index < -0.39 is 42.5 Å². The summed E-state index contributed by atoms with van der Waals surface area (Å²) in [6, 6.07) is 0. The molecule has 1 saturated heterocycles. The Balaban J connectivity index is 2.97. The average Bonchev–Trinajstić information content (AvgIpc) is 2.71. The molecule has 9 heteroatoms. The summed E-state index contributed by atoms with van der Waals surface area (Å²) in [6.45, 7) is 6.91. The highest BCUT2D eigenvalue weighted by Crippen LogP contribution is 2.26. The van der Waals surface area contributed by atoms with Crippen molar-refractivity contribution in [2.24, 2.45) is 0 Å². The summed E-state index contributed by atoms with van der Waals surface area (Å²) in [5.74, 6) is -1.31. The molecular formula is C23H41NO8. The molecule has 4 unspecified atom stereocenters. The Morgan fingerprint density at radius 2 is 1.34 bits per heavy atom. The summed E-state index contributed by atoms with van der Waals surface area (Å²) in [6.07, 6.45) is 0.437. The van der Waals surface area contributed by atoms with Gasteiger partial charge in [0.1, 0.15) is 0 Å². The van der Waals surface area contributed by atoms with Gasteiger partial charge in [0.25, 0.3) is 0 Å². The number of ether oxygens (including phenoxy) is 5. The first-order chi connectivity index (χ1) is 15.3. The summed E-state index contributed by atoms with van der Waals surface area (Å²) in [5.41, 5.74) is 0. The molecule has 0 saturated carbocycles. The van der Waals surface area contributed by atoms with Crippen LogP contribution in [0.5, 0.6) is 0 Å². The molecule has 0 N–H and O–H groups in total. The third-order valence-electron chi connectivity index (χ3n) is 4.85. The lowest BCUT2D eigenvalue weighted by Gasteiger charge is -2.40. The third-order valence-corrected chi connectivity index (χ3v) is 4.85. The van der Waals surface area contributed by atoms with Crippen LogP contribution in [0.15, 0.2) is 0 Å². The molecule has 32 heavy (non-hydrogen) atoms. The summed E-state index contributed by atoms with van der Waals surface area (Å²) in [7, 11) is 4.01. The first-order valence-electron chi connectivity index (χ1n) is 11.8. The summed E-state index contributed by atoms with van der Waals surface area (Å²) >= 11 is 0. The predicted octanol–water partition coefficient (Wildman–Crippen LogP) is 2.84. The number of hydrogen-bond donors (Lipinski definition) is 0. The van der Waals surface area contributed by atoms with Gasteiger partial charge < -0.3 is 28.6 Å². The maximum absolute atomic E-state index is 12.3. The van der Waals surface area contributed by atoms with Gasteiger partial charge in [-0.3, -0.25) is 14.4 Å². The van der Waals surface area contributed by atoms with Crippen LogP contribution in [-0.4, -0.2) is 81.3 Å². The Hall–Kier alpha value is -1.71. The molecule has 0 spiro atoms. The van der Waals surface area contributed by atoms with Crippen LogP contribution in [0, 0.1) is 0 Å². The van der Waals surface area contributed by atoms with Crippen molar-refractivity contribution in [1.82, 2.24) is 4.90 Å². The second-order valence-electron chi connectivity index (χ2n) is 8.27. The van der Waals surface area contributed by atoms with Gasteiger partial charge in [-0.25, -0.2) is 0 Å². The zero-order valence-electron chi connectivity index (χ0n) is 20.3. The average molecular weight is 460 g/mol. The highest BCUT2D eigenvalue weighted by molar-refractivity contribution is 5.71. The molecule has 0 radical (unpaired) electrons. The van der Waals surface area contributed by atoms with Crippen LogP contribution in [0.3, 0.4) is 0 Å². The van der Waals surface area contributed by atoms with Crippen LogP contribution < -0.4 is 0 Å². The van der Waals surface area contributed by atoms with Crippen molar-refractivity contribution < 1.29 is 38.1 Å². The second-order valence-corrected chi connectivity index (χ2v) is 8.27. The van der Waals surface area contributed by atoms with E-state index in [0.29, 0.717) is 25.9 Å². The highest BCUT2D eigenvalue weighted by atomic mass is 16.7. The van der Waals surface area contributed by atoms with Gasteiger partial charge in [-0.05, 0) is 52.7 Å². The number of nitrogens with zero attached hydrogens (tertiary/aromatic N) is 1. The molecule has 0 bridgehead atoms. The van der Waals surface area contributed by atoms with Gasteiger partial charge in [0.05, 0.1) is 6.61 Å². The van der Waals surface area contributed by atoms with Gasteiger partial charge in [-0.15, -0.1) is 0 Å². The van der Waals surface area contributed by atoms with Crippen LogP contribution in [0.25, 0.3) is 0 Å². The Labute approximate surface area is 192 Å². The fourth-order valence-electron chi connectivity index (χ4n) is 3.25. The van der Waals surface area contributed by atoms with E-state index in [1.54, 1.807) is 0 Å². The lowest BCUT2D eigenvalue weighted by molar-refractivity contribution is -0.282. The van der Waals surface area contributed by atoms with Crippen molar-refractivity contribution in [3.63, 3.8) is 0 Å². The minimum absolute atomic E-state index is 0.0102. The number of carbonyl (C=O) groups is 3. The highest BCUT2D eigenvalue weighted by Gasteiger charge is 2.48. The van der Waals surface area contributed by atoms with Crippen molar-refractivity contribution in [3.05, 3.63) is 0 Å². The predicted molar refractivity (Wildman–Crippen MR) is 118 cm³/mol. The topological polar surface area (TPSA) is 101 Å². The molecule has 4 atom stereocenters. The van der Waals surface area contributed by atoms with Crippen molar-refractivity contribution in [3.8, 4) is 0 Å². The van der Waals surface area contributed by atoms with E-state index in [2.05, 4.69) is 4.90 Å². The van der Waals surface area contributed by atoms with Crippen LogP contribution in [0.2, 0.25) is 0 Å². The van der Waals surface area contributed by atoms with Crippen LogP contribution >= 0.6 is 0 Å². The van der Waals surface area contributed by atoms with Gasteiger partial charge in [-0.2, -0.15) is 0 Å². The number of rotatable bonds is 15. The maximum atomic E-state index is 12.3. The first-order valence-corrected chi connectivity index (χ1v) is 11.8. The second kappa shape index (κ2) is 16.0. The van der Waals surface area contributed by atoms with E-state index in [9.17, 15) is 14.4 Å². The van der Waals surface area contributed by atoms with E-state index in [0.717, 1.165) is 19.4 Å². The number of hydrogen-bond acceptors (Lipinski definition) is 9. The van der Waals surface area contributed by atoms with Crippen molar-refractivity contribution in [1.29, 1.82) is 0 Å². The molecule has 1 rings (SSSR count). The van der Waals surface area contributed by atoms with Gasteiger partial charge in [0.2, 0.25) is 0 Å². The van der Waals surface area contributed by atoms with E-state index in [-0.39, 0.29) is 25.9 Å². The zero-order valence-corrected chi connectivity index (χ0v) is 20.3. The number of esters is 3. The van der Waals surface area contributed by atoms with Gasteiger partial charge in [0.15, 0.2) is 24.6 Å². The first kappa shape index (κ1) is 28.3. The fourth-order valence-corrected chi connectivity index (χ4v) is 3.25. The lowest BCUT2D eigenvalue weighted by atomic mass is 10.0. The summed E-state index contributed by atoms with van der Waals surface area (Å²) < 4.78 is 28.5. The van der Waals surface area contributed by atoms with E-state index in [1.165, 1.54) is 0 Å². The van der Waals surface area contributed by atoms with Crippen LogP contribution in [0.4, 0.5) is 0 Å². The molecule has 9 nitrogen and oxygen atoms in total. The number of carbonyl (C=O) groups excluding carboxylic acids is 3. The summed E-state index contributed by atoms with van der Waals surface area (Å²) in [4.78, 5) is 38.8.